The van der Waals surface area contributed by atoms with E-state index in [2.05, 4.69) is 0 Å². The minimum atomic E-state index is -3.42. The summed E-state index contributed by atoms with van der Waals surface area (Å²) in [6, 6.07) is 1.33. The number of rotatable bonds is 5. The molecule has 1 aromatic rings. The molecule has 0 unspecified atom stereocenters. The first-order valence-corrected chi connectivity index (χ1v) is 11.3. The van der Waals surface area contributed by atoms with E-state index in [1.54, 1.807) is 0 Å². The third-order valence-corrected chi connectivity index (χ3v) is 6.34. The number of nitrogens with zero attached hydrogens (tertiary/aromatic N) is 2. The van der Waals surface area contributed by atoms with Crippen LogP contribution in [0.4, 0.5) is 0 Å². The van der Waals surface area contributed by atoms with Gasteiger partial charge in [0.2, 0.25) is 5.91 Å². The van der Waals surface area contributed by atoms with Crippen molar-refractivity contribution >= 4 is 50.8 Å². The highest BCUT2D eigenvalue weighted by atomic mass is 35.5. The van der Waals surface area contributed by atoms with Gasteiger partial charge >= 0.3 is 0 Å². The molecule has 8 nitrogen and oxygen atoms in total. The van der Waals surface area contributed by atoms with E-state index < -0.39 is 33.6 Å². The second-order valence-electron chi connectivity index (χ2n) is 6.66. The molecule has 0 spiro atoms. The highest BCUT2D eigenvalue weighted by Gasteiger charge is 2.44. The molecule has 0 N–H and O–H groups in total. The minimum Gasteiger partial charge on any atom is -0.378 e. The Bertz CT molecular complexity index is 902. The van der Waals surface area contributed by atoms with E-state index in [0.29, 0.717) is 26.3 Å². The SMILES string of the molecule is CS(=O)(=O)CC[C@@H](C(=O)N1CCOCC1)N1C(=O)c2cc(Cl)c(Cl)cc2C1=O. The first-order chi connectivity index (χ1) is 13.1. The Balaban J connectivity index is 1.96. The van der Waals surface area contributed by atoms with Crippen LogP contribution in [0.1, 0.15) is 27.1 Å². The van der Waals surface area contributed by atoms with Gasteiger partial charge in [-0.15, -0.1) is 0 Å². The maximum atomic E-state index is 13.1. The fraction of sp³-hybridized carbons (Fsp3) is 0.471. The molecule has 0 radical (unpaired) electrons. The van der Waals surface area contributed by atoms with Crippen LogP contribution in [-0.2, 0) is 19.4 Å². The van der Waals surface area contributed by atoms with Gasteiger partial charge in [-0.3, -0.25) is 19.3 Å². The second-order valence-corrected chi connectivity index (χ2v) is 9.74. The van der Waals surface area contributed by atoms with E-state index in [1.807, 2.05) is 0 Å². The quantitative estimate of drug-likeness (QED) is 0.628. The molecule has 152 valence electrons. The Morgan fingerprint density at radius 2 is 1.61 bits per heavy atom. The van der Waals surface area contributed by atoms with Gasteiger partial charge < -0.3 is 9.64 Å². The molecule has 2 aliphatic heterocycles. The fourth-order valence-corrected chi connectivity index (χ4v) is 4.20. The monoisotopic (exact) mass is 448 g/mol. The van der Waals surface area contributed by atoms with Crippen LogP contribution in [0, 0.1) is 0 Å². The number of carbonyl (C=O) groups excluding carboxylic acids is 3. The van der Waals surface area contributed by atoms with Crippen LogP contribution in [0.2, 0.25) is 10.0 Å². The van der Waals surface area contributed by atoms with Crippen LogP contribution >= 0.6 is 23.2 Å². The standard InChI is InChI=1S/C17H18Cl2N2O6S/c1-28(25,26)7-2-14(17(24)20-3-5-27-6-4-20)21-15(22)10-8-12(18)13(19)9-11(10)16(21)23/h8-9,14H,2-7H2,1H3/t14-/m0/s1. The van der Waals surface area contributed by atoms with Crippen molar-refractivity contribution in [3.63, 3.8) is 0 Å². The number of ether oxygens (including phenoxy) is 1. The minimum absolute atomic E-state index is 0.0403. The van der Waals surface area contributed by atoms with Crippen molar-refractivity contribution in [2.45, 2.75) is 12.5 Å². The van der Waals surface area contributed by atoms with E-state index in [4.69, 9.17) is 27.9 Å². The zero-order valence-corrected chi connectivity index (χ0v) is 17.3. The van der Waals surface area contributed by atoms with Crippen LogP contribution in [0.3, 0.4) is 0 Å². The number of carbonyl (C=O) groups is 3. The second kappa shape index (κ2) is 7.98. The van der Waals surface area contributed by atoms with Gasteiger partial charge in [-0.05, 0) is 18.6 Å². The molecule has 1 atom stereocenters. The summed E-state index contributed by atoms with van der Waals surface area (Å²) in [5, 5.41) is 0.214. The van der Waals surface area contributed by atoms with E-state index in [9.17, 15) is 22.8 Å². The molecule has 1 fully saturated rings. The first-order valence-electron chi connectivity index (χ1n) is 8.51. The molecular formula is C17H18Cl2N2O6S. The largest absolute Gasteiger partial charge is 0.378 e. The van der Waals surface area contributed by atoms with Gasteiger partial charge in [-0.25, -0.2) is 8.42 Å². The van der Waals surface area contributed by atoms with Crippen molar-refractivity contribution in [3.05, 3.63) is 33.3 Å². The summed E-state index contributed by atoms with van der Waals surface area (Å²) in [6.45, 7) is 1.26. The first kappa shape index (κ1) is 21.0. The summed E-state index contributed by atoms with van der Waals surface area (Å²) in [7, 11) is -3.42. The van der Waals surface area contributed by atoms with Crippen LogP contribution in [0.15, 0.2) is 12.1 Å². The molecule has 2 heterocycles. The predicted molar refractivity (Wildman–Crippen MR) is 102 cm³/mol. The molecule has 1 aromatic carbocycles. The Labute approximate surface area is 172 Å². The average molecular weight is 449 g/mol. The van der Waals surface area contributed by atoms with E-state index in [1.165, 1.54) is 17.0 Å². The molecule has 2 aliphatic rings. The number of hydrogen-bond acceptors (Lipinski definition) is 6. The maximum absolute atomic E-state index is 13.1. The Hall–Kier alpha value is -1.68. The third kappa shape index (κ3) is 4.17. The third-order valence-electron chi connectivity index (χ3n) is 4.64. The smallest absolute Gasteiger partial charge is 0.262 e. The van der Waals surface area contributed by atoms with Crippen molar-refractivity contribution in [2.24, 2.45) is 0 Å². The fourth-order valence-electron chi connectivity index (χ4n) is 3.22. The van der Waals surface area contributed by atoms with E-state index in [-0.39, 0.29) is 33.3 Å². The molecule has 0 bridgehead atoms. The molecule has 3 amide bonds. The molecule has 28 heavy (non-hydrogen) atoms. The van der Waals surface area contributed by atoms with Crippen LogP contribution in [0.25, 0.3) is 0 Å². The number of halogens is 2. The summed E-state index contributed by atoms with van der Waals surface area (Å²) in [5.41, 5.74) is 0.0806. The maximum Gasteiger partial charge on any atom is 0.262 e. The van der Waals surface area contributed by atoms with Crippen LogP contribution in [-0.4, -0.2) is 80.3 Å². The number of hydrogen-bond donors (Lipinski definition) is 0. The van der Waals surface area contributed by atoms with Crippen molar-refractivity contribution in [1.29, 1.82) is 0 Å². The summed E-state index contributed by atoms with van der Waals surface area (Å²) < 4.78 is 28.5. The van der Waals surface area contributed by atoms with Crippen molar-refractivity contribution in [3.8, 4) is 0 Å². The lowest BCUT2D eigenvalue weighted by atomic mass is 10.1. The molecule has 0 aromatic heterocycles. The number of sulfone groups is 1. The van der Waals surface area contributed by atoms with Gasteiger partial charge in [-0.1, -0.05) is 23.2 Å². The highest BCUT2D eigenvalue weighted by molar-refractivity contribution is 7.90. The van der Waals surface area contributed by atoms with Crippen molar-refractivity contribution < 1.29 is 27.5 Å². The van der Waals surface area contributed by atoms with Gasteiger partial charge in [0, 0.05) is 19.3 Å². The van der Waals surface area contributed by atoms with Crippen molar-refractivity contribution in [2.75, 3.05) is 38.3 Å². The van der Waals surface area contributed by atoms with Gasteiger partial charge in [0.15, 0.2) is 0 Å². The normalized spacial score (nSPS) is 18.4. The summed E-state index contributed by atoms with van der Waals surface area (Å²) in [6.07, 6.45) is 0.840. The lowest BCUT2D eigenvalue weighted by Crippen LogP contribution is -2.54. The lowest BCUT2D eigenvalue weighted by molar-refractivity contribution is -0.139. The predicted octanol–water partition coefficient (Wildman–Crippen LogP) is 1.25. The Kier molecular flexibility index (Phi) is 6.00. The topological polar surface area (TPSA) is 101 Å². The molecule has 11 heteroatoms. The molecule has 3 rings (SSSR count). The molecule has 1 saturated heterocycles. The summed E-state index contributed by atoms with van der Waals surface area (Å²) in [5.74, 6) is -2.22. The summed E-state index contributed by atoms with van der Waals surface area (Å²) in [4.78, 5) is 41.1. The van der Waals surface area contributed by atoms with Crippen molar-refractivity contribution in [1.82, 2.24) is 9.80 Å². The van der Waals surface area contributed by atoms with Crippen LogP contribution in [0.5, 0.6) is 0 Å². The van der Waals surface area contributed by atoms with Crippen LogP contribution < -0.4 is 0 Å². The number of fused-ring (bicyclic) bond motifs is 1. The highest BCUT2D eigenvalue weighted by Crippen LogP contribution is 2.33. The van der Waals surface area contributed by atoms with E-state index >= 15 is 0 Å². The van der Waals surface area contributed by atoms with Gasteiger partial charge in [-0.2, -0.15) is 0 Å². The number of imide groups is 1. The number of benzene rings is 1. The Morgan fingerprint density at radius 3 is 2.07 bits per heavy atom. The van der Waals surface area contributed by atoms with Gasteiger partial charge in [0.05, 0.1) is 40.1 Å². The molecule has 0 aliphatic carbocycles. The number of morpholine rings is 1. The zero-order valence-electron chi connectivity index (χ0n) is 15.0. The number of amides is 3. The summed E-state index contributed by atoms with van der Waals surface area (Å²) >= 11 is 11.9. The molecular weight excluding hydrogens is 431 g/mol. The van der Waals surface area contributed by atoms with E-state index in [0.717, 1.165) is 11.2 Å². The zero-order chi connectivity index (χ0) is 20.6. The molecule has 0 saturated carbocycles. The Morgan fingerprint density at radius 1 is 1.11 bits per heavy atom. The average Bonchev–Trinajstić information content (AvgIpc) is 2.87. The van der Waals surface area contributed by atoms with Gasteiger partial charge in [0.1, 0.15) is 15.9 Å². The lowest BCUT2D eigenvalue weighted by Gasteiger charge is -2.33. The van der Waals surface area contributed by atoms with Gasteiger partial charge in [0.25, 0.3) is 11.8 Å².